The van der Waals surface area contributed by atoms with Gasteiger partial charge in [-0.1, -0.05) is 6.07 Å². The van der Waals surface area contributed by atoms with Gasteiger partial charge in [-0.15, -0.1) is 0 Å². The van der Waals surface area contributed by atoms with E-state index in [2.05, 4.69) is 0 Å². The number of rotatable bonds is 3. The Balaban J connectivity index is 2.28. The molecule has 1 aromatic rings. The van der Waals surface area contributed by atoms with Crippen LogP contribution in [0.25, 0.3) is 0 Å². The van der Waals surface area contributed by atoms with Crippen LogP contribution in [0.2, 0.25) is 0 Å². The molecule has 0 bridgehead atoms. The summed E-state index contributed by atoms with van der Waals surface area (Å²) < 4.78 is 5.38. The van der Waals surface area contributed by atoms with E-state index in [9.17, 15) is 9.59 Å². The average molecular weight is 263 g/mol. The molecule has 1 aliphatic heterocycles. The van der Waals surface area contributed by atoms with Crippen molar-refractivity contribution in [1.82, 2.24) is 0 Å². The van der Waals surface area contributed by atoms with Crippen LogP contribution in [0.15, 0.2) is 18.2 Å². The van der Waals surface area contributed by atoms with Crippen LogP contribution in [0, 0.1) is 5.41 Å². The second kappa shape index (κ2) is 4.57. The van der Waals surface area contributed by atoms with Gasteiger partial charge in [0.2, 0.25) is 0 Å². The minimum atomic E-state index is -0.835. The van der Waals surface area contributed by atoms with Gasteiger partial charge in [0.1, 0.15) is 5.75 Å². The first-order valence-corrected chi connectivity index (χ1v) is 6.07. The molecule has 0 fully saturated rings. The van der Waals surface area contributed by atoms with Crippen molar-refractivity contribution in [2.45, 2.75) is 20.3 Å². The summed E-state index contributed by atoms with van der Waals surface area (Å²) in [5.74, 6) is -0.301. The number of benzene rings is 1. The monoisotopic (exact) mass is 263 g/mol. The van der Waals surface area contributed by atoms with Crippen molar-refractivity contribution in [2.75, 3.05) is 18.6 Å². The number of fused-ring (bicyclic) bond motifs is 1. The smallest absolute Gasteiger partial charge is 0.309 e. The van der Waals surface area contributed by atoms with Crippen molar-refractivity contribution in [2.24, 2.45) is 5.41 Å². The molecule has 1 amide bonds. The molecule has 0 saturated heterocycles. The fraction of sp³-hybridized carbons (Fsp3) is 0.429. The van der Waals surface area contributed by atoms with Crippen LogP contribution in [0.1, 0.15) is 19.4 Å². The molecule has 5 nitrogen and oxygen atoms in total. The summed E-state index contributed by atoms with van der Waals surface area (Å²) in [6, 6.07) is 5.44. The minimum absolute atomic E-state index is 0.0231. The van der Waals surface area contributed by atoms with E-state index in [-0.39, 0.29) is 12.5 Å². The molecule has 0 saturated carbocycles. The molecular formula is C14H17NO4. The van der Waals surface area contributed by atoms with Gasteiger partial charge in [-0.05, 0) is 38.0 Å². The molecule has 19 heavy (non-hydrogen) atoms. The first-order chi connectivity index (χ1) is 8.81. The van der Waals surface area contributed by atoms with Crippen molar-refractivity contribution in [3.05, 3.63) is 23.8 Å². The molecule has 5 heteroatoms. The van der Waals surface area contributed by atoms with Gasteiger partial charge in [0.25, 0.3) is 5.91 Å². The van der Waals surface area contributed by atoms with Gasteiger partial charge < -0.3 is 14.7 Å². The highest BCUT2D eigenvalue weighted by molar-refractivity contribution is 5.97. The number of anilines is 1. The molecule has 0 aliphatic carbocycles. The largest absolute Gasteiger partial charge is 0.482 e. The summed E-state index contributed by atoms with van der Waals surface area (Å²) >= 11 is 0. The highest BCUT2D eigenvalue weighted by atomic mass is 16.5. The van der Waals surface area contributed by atoms with Gasteiger partial charge in [0, 0.05) is 7.05 Å². The van der Waals surface area contributed by atoms with Gasteiger partial charge >= 0.3 is 5.97 Å². The Hall–Kier alpha value is -2.04. The molecule has 1 aliphatic rings. The van der Waals surface area contributed by atoms with Crippen molar-refractivity contribution in [3.8, 4) is 5.75 Å². The lowest BCUT2D eigenvalue weighted by Gasteiger charge is -2.27. The Morgan fingerprint density at radius 1 is 1.47 bits per heavy atom. The third kappa shape index (κ3) is 2.54. The number of carbonyl (C=O) groups excluding carboxylic acids is 1. The highest BCUT2D eigenvalue weighted by Gasteiger charge is 2.28. The normalized spacial score (nSPS) is 14.9. The molecule has 1 heterocycles. The maximum atomic E-state index is 11.5. The number of nitrogens with zero attached hydrogens (tertiary/aromatic N) is 1. The molecule has 0 atom stereocenters. The van der Waals surface area contributed by atoms with E-state index in [1.807, 2.05) is 12.1 Å². The number of carboxylic acid groups (broad SMARTS) is 1. The number of hydrogen-bond acceptors (Lipinski definition) is 3. The van der Waals surface area contributed by atoms with E-state index in [0.29, 0.717) is 17.9 Å². The van der Waals surface area contributed by atoms with Crippen molar-refractivity contribution < 1.29 is 19.4 Å². The van der Waals surface area contributed by atoms with Crippen LogP contribution in [-0.4, -0.2) is 30.6 Å². The molecule has 1 aromatic carbocycles. The summed E-state index contributed by atoms with van der Waals surface area (Å²) in [5.41, 5.74) is 0.770. The fourth-order valence-corrected chi connectivity index (χ4v) is 2.02. The van der Waals surface area contributed by atoms with E-state index >= 15 is 0 Å². The molecule has 1 N–H and O–H groups in total. The van der Waals surface area contributed by atoms with Crippen LogP contribution < -0.4 is 9.64 Å². The quantitative estimate of drug-likeness (QED) is 0.901. The van der Waals surface area contributed by atoms with E-state index in [1.54, 1.807) is 31.9 Å². The second-order valence-corrected chi connectivity index (χ2v) is 5.41. The van der Waals surface area contributed by atoms with Gasteiger partial charge in [-0.25, -0.2) is 0 Å². The molecule has 0 radical (unpaired) electrons. The van der Waals surface area contributed by atoms with Crippen LogP contribution in [0.5, 0.6) is 5.75 Å². The highest BCUT2D eigenvalue weighted by Crippen LogP contribution is 2.33. The minimum Gasteiger partial charge on any atom is -0.482 e. The fourth-order valence-electron chi connectivity index (χ4n) is 2.02. The van der Waals surface area contributed by atoms with Gasteiger partial charge in [-0.3, -0.25) is 9.59 Å². The Labute approximate surface area is 111 Å². The molecule has 102 valence electrons. The maximum Gasteiger partial charge on any atom is 0.309 e. The van der Waals surface area contributed by atoms with Crippen LogP contribution in [-0.2, 0) is 16.0 Å². The SMILES string of the molecule is CN1C(=O)COc2cc(CC(C)(C)C(=O)O)ccc21. The first kappa shape index (κ1) is 13.4. The number of hydrogen-bond donors (Lipinski definition) is 1. The Morgan fingerprint density at radius 2 is 2.16 bits per heavy atom. The molecular weight excluding hydrogens is 246 g/mol. The summed E-state index contributed by atoms with van der Waals surface area (Å²) in [7, 11) is 1.70. The summed E-state index contributed by atoms with van der Waals surface area (Å²) in [6.45, 7) is 3.39. The Kier molecular flexibility index (Phi) is 3.22. The number of carbonyl (C=O) groups is 2. The first-order valence-electron chi connectivity index (χ1n) is 6.07. The second-order valence-electron chi connectivity index (χ2n) is 5.41. The van der Waals surface area contributed by atoms with Gasteiger partial charge in [-0.2, -0.15) is 0 Å². The predicted molar refractivity (Wildman–Crippen MR) is 70.5 cm³/mol. The van der Waals surface area contributed by atoms with E-state index < -0.39 is 11.4 Å². The van der Waals surface area contributed by atoms with Crippen LogP contribution >= 0.6 is 0 Å². The number of aliphatic carboxylic acids is 1. The summed E-state index contributed by atoms with van der Waals surface area (Å²) in [4.78, 5) is 24.2. The number of likely N-dealkylation sites (N-methyl/N-ethyl adjacent to an activating group) is 1. The predicted octanol–water partition coefficient (Wildman–Crippen LogP) is 1.70. The Bertz CT molecular complexity index is 536. The van der Waals surface area contributed by atoms with Crippen molar-refractivity contribution in [3.63, 3.8) is 0 Å². The van der Waals surface area contributed by atoms with E-state index in [1.165, 1.54) is 0 Å². The zero-order valence-electron chi connectivity index (χ0n) is 11.3. The van der Waals surface area contributed by atoms with Crippen molar-refractivity contribution in [1.29, 1.82) is 0 Å². The lowest BCUT2D eigenvalue weighted by Crippen LogP contribution is -2.35. The number of carboxylic acids is 1. The topological polar surface area (TPSA) is 66.8 Å². The van der Waals surface area contributed by atoms with E-state index in [0.717, 1.165) is 5.56 Å². The third-order valence-electron chi connectivity index (χ3n) is 3.34. The zero-order valence-corrected chi connectivity index (χ0v) is 11.3. The number of ether oxygens (including phenoxy) is 1. The Morgan fingerprint density at radius 3 is 2.79 bits per heavy atom. The van der Waals surface area contributed by atoms with Crippen LogP contribution in [0.3, 0.4) is 0 Å². The summed E-state index contributed by atoms with van der Waals surface area (Å²) in [6.07, 6.45) is 0.413. The van der Waals surface area contributed by atoms with Gasteiger partial charge in [0.05, 0.1) is 11.1 Å². The summed E-state index contributed by atoms with van der Waals surface area (Å²) in [5, 5.41) is 9.13. The van der Waals surface area contributed by atoms with Crippen LogP contribution in [0.4, 0.5) is 5.69 Å². The molecule has 0 unspecified atom stereocenters. The lowest BCUT2D eigenvalue weighted by molar-refractivity contribution is -0.146. The maximum absolute atomic E-state index is 11.5. The van der Waals surface area contributed by atoms with Crippen molar-refractivity contribution >= 4 is 17.6 Å². The van der Waals surface area contributed by atoms with Gasteiger partial charge in [0.15, 0.2) is 6.61 Å². The standard InChI is InChI=1S/C14H17NO4/c1-14(2,13(17)18)7-9-4-5-10-11(6-9)19-8-12(16)15(10)3/h4-6H,7-8H2,1-3H3,(H,17,18). The zero-order chi connectivity index (χ0) is 14.2. The molecule has 2 rings (SSSR count). The molecule has 0 aromatic heterocycles. The average Bonchev–Trinajstić information content (AvgIpc) is 2.33. The molecule has 0 spiro atoms. The number of amides is 1. The lowest BCUT2D eigenvalue weighted by atomic mass is 9.86. The third-order valence-corrected chi connectivity index (χ3v) is 3.34. The van der Waals surface area contributed by atoms with E-state index in [4.69, 9.17) is 9.84 Å².